The Balaban J connectivity index is 0.00000247. The molecule has 0 spiro atoms. The van der Waals surface area contributed by atoms with E-state index in [-0.39, 0.29) is 6.04 Å². The van der Waals surface area contributed by atoms with E-state index in [1.54, 1.807) is 0 Å². The molecule has 0 aromatic heterocycles. The molecular formula is C34H42FN3. The molecule has 0 radical (unpaired) electrons. The predicted molar refractivity (Wildman–Crippen MR) is 162 cm³/mol. The molecule has 3 nitrogen and oxygen atoms in total. The normalized spacial score (nSPS) is 19.5. The number of nitrogens with one attached hydrogen (secondary N) is 2. The van der Waals surface area contributed by atoms with Crippen LogP contribution in [0.5, 0.6) is 0 Å². The average Bonchev–Trinajstić information content (AvgIpc) is 2.95. The molecule has 1 aliphatic carbocycles. The summed E-state index contributed by atoms with van der Waals surface area (Å²) in [6.45, 7) is 4.16. The number of hydrogen-bond acceptors (Lipinski definition) is 3. The fourth-order valence-electron chi connectivity index (χ4n) is 4.19. The van der Waals surface area contributed by atoms with Crippen LogP contribution < -0.4 is 16.4 Å². The number of hydrogen-bond donors (Lipinski definition) is 3. The summed E-state index contributed by atoms with van der Waals surface area (Å²) in [6, 6.07) is 20.8. The number of terminal acetylenes is 1. The Morgan fingerprint density at radius 3 is 2.47 bits per heavy atom. The van der Waals surface area contributed by atoms with Gasteiger partial charge in [0.25, 0.3) is 0 Å². The summed E-state index contributed by atoms with van der Waals surface area (Å²) in [4.78, 5) is 0. The third-order valence-corrected chi connectivity index (χ3v) is 6.35. The molecule has 0 bridgehead atoms. The summed E-state index contributed by atoms with van der Waals surface area (Å²) < 4.78 is 13.7. The fourth-order valence-corrected chi connectivity index (χ4v) is 4.19. The monoisotopic (exact) mass is 511 g/mol. The van der Waals surface area contributed by atoms with Crippen LogP contribution >= 0.6 is 0 Å². The first-order chi connectivity index (χ1) is 18.7. The maximum absolute atomic E-state index is 13.7. The Morgan fingerprint density at radius 2 is 1.76 bits per heavy atom. The second-order valence-electron chi connectivity index (χ2n) is 9.27. The first-order valence-electron chi connectivity index (χ1n) is 13.3. The van der Waals surface area contributed by atoms with Crippen LogP contribution in [0.15, 0.2) is 114 Å². The molecule has 0 aliphatic heterocycles. The molecule has 0 heterocycles. The van der Waals surface area contributed by atoms with Crippen LogP contribution in [-0.4, -0.2) is 32.4 Å². The van der Waals surface area contributed by atoms with E-state index in [0.717, 1.165) is 32.4 Å². The van der Waals surface area contributed by atoms with Crippen molar-refractivity contribution in [1.29, 1.82) is 0 Å². The summed E-state index contributed by atoms with van der Waals surface area (Å²) in [6.07, 6.45) is 25.2. The third-order valence-electron chi connectivity index (χ3n) is 6.35. The van der Waals surface area contributed by atoms with E-state index in [1.807, 2.05) is 42.5 Å². The van der Waals surface area contributed by atoms with Crippen LogP contribution in [0.25, 0.3) is 5.57 Å². The number of nitrogens with two attached hydrogens (primary N) is 1. The standard InChI is InChI=1S/C32H40FN3.C2H2/c1-26(20-22-35-25-28-12-8-16-30(34)17-9-13-28)32(29-14-6-3-7-15-29)19-18-31(24-33)36-23-21-27-10-4-2-5-11-27;1-2/h2-16,18-19,26,30,35-36H,17,20-25,34H2,1H3;1-2H/b13-9-,16-8+,28-12+,31-18+,32-19+;/t26-,30-;/m1./s1. The molecule has 3 rings (SSSR count). The van der Waals surface area contributed by atoms with Crippen molar-refractivity contribution in [2.75, 3.05) is 26.3 Å². The molecule has 1 aliphatic rings. The van der Waals surface area contributed by atoms with Gasteiger partial charge in [0.15, 0.2) is 0 Å². The lowest BCUT2D eigenvalue weighted by molar-refractivity contribution is 0.517. The maximum atomic E-state index is 13.7. The SMILES string of the molecule is C#C.C[C@H](CCNCC1=C/C=C/[C@@H](N)C/C=C\1)/C(=C\C=C(/CF)NCCc1ccccc1)c1ccccc1. The zero-order valence-corrected chi connectivity index (χ0v) is 22.5. The van der Waals surface area contributed by atoms with Gasteiger partial charge in [-0.25, -0.2) is 4.39 Å². The van der Waals surface area contributed by atoms with Gasteiger partial charge >= 0.3 is 0 Å². The van der Waals surface area contributed by atoms with Gasteiger partial charge in [0.1, 0.15) is 6.67 Å². The predicted octanol–water partition coefficient (Wildman–Crippen LogP) is 6.39. The third kappa shape index (κ3) is 11.6. The van der Waals surface area contributed by atoms with Crippen LogP contribution in [0.4, 0.5) is 4.39 Å². The molecule has 4 N–H and O–H groups in total. The number of alkyl halides is 1. The molecule has 0 amide bonds. The lowest BCUT2D eigenvalue weighted by Gasteiger charge is -2.17. The van der Waals surface area contributed by atoms with Gasteiger partial charge in [0.05, 0.1) is 0 Å². The molecule has 0 saturated heterocycles. The second kappa shape index (κ2) is 18.6. The van der Waals surface area contributed by atoms with E-state index in [2.05, 4.69) is 91.1 Å². The van der Waals surface area contributed by atoms with Crippen molar-refractivity contribution in [3.05, 3.63) is 126 Å². The number of halogens is 1. The minimum absolute atomic E-state index is 0.0991. The Hall–Kier alpha value is -3.65. The van der Waals surface area contributed by atoms with Crippen LogP contribution in [-0.2, 0) is 6.42 Å². The summed E-state index contributed by atoms with van der Waals surface area (Å²) in [7, 11) is 0. The molecule has 0 fully saturated rings. The quantitative estimate of drug-likeness (QED) is 0.166. The maximum Gasteiger partial charge on any atom is 0.129 e. The molecule has 200 valence electrons. The van der Waals surface area contributed by atoms with Gasteiger partial charge in [-0.05, 0) is 60.1 Å². The van der Waals surface area contributed by atoms with Crippen molar-refractivity contribution in [3.63, 3.8) is 0 Å². The highest BCUT2D eigenvalue weighted by Gasteiger charge is 2.11. The van der Waals surface area contributed by atoms with Gasteiger partial charge in [0.2, 0.25) is 0 Å². The number of rotatable bonds is 13. The van der Waals surface area contributed by atoms with E-state index in [0.29, 0.717) is 18.2 Å². The van der Waals surface area contributed by atoms with Crippen molar-refractivity contribution in [2.24, 2.45) is 11.7 Å². The first-order valence-corrected chi connectivity index (χ1v) is 13.3. The van der Waals surface area contributed by atoms with E-state index < -0.39 is 6.67 Å². The van der Waals surface area contributed by atoms with Crippen LogP contribution in [0.2, 0.25) is 0 Å². The van der Waals surface area contributed by atoms with Crippen LogP contribution in [0, 0.1) is 18.8 Å². The lowest BCUT2D eigenvalue weighted by Crippen LogP contribution is -2.21. The fraction of sp³-hybridized carbons (Fsp3) is 0.294. The Morgan fingerprint density at radius 1 is 1.05 bits per heavy atom. The minimum atomic E-state index is -0.509. The highest BCUT2D eigenvalue weighted by molar-refractivity contribution is 5.68. The summed E-state index contributed by atoms with van der Waals surface area (Å²) in [5, 5.41) is 6.84. The van der Waals surface area contributed by atoms with E-state index in [9.17, 15) is 4.39 Å². The Kier molecular flexibility index (Phi) is 14.9. The molecule has 0 saturated carbocycles. The van der Waals surface area contributed by atoms with Gasteiger partial charge in [-0.1, -0.05) is 104 Å². The molecular weight excluding hydrogens is 469 g/mol. The summed E-state index contributed by atoms with van der Waals surface area (Å²) in [5.74, 6) is 0.320. The van der Waals surface area contributed by atoms with Gasteiger partial charge in [0, 0.05) is 24.8 Å². The van der Waals surface area contributed by atoms with Crippen LogP contribution in [0.3, 0.4) is 0 Å². The highest BCUT2D eigenvalue weighted by atomic mass is 19.1. The molecule has 4 heteroatoms. The minimum Gasteiger partial charge on any atom is -0.386 e. The summed E-state index contributed by atoms with van der Waals surface area (Å²) >= 11 is 0. The van der Waals surface area contributed by atoms with Crippen molar-refractivity contribution < 1.29 is 4.39 Å². The summed E-state index contributed by atoms with van der Waals surface area (Å²) in [5.41, 5.74) is 11.5. The molecule has 38 heavy (non-hydrogen) atoms. The molecule has 2 aromatic rings. The molecule has 2 aromatic carbocycles. The first kappa shape index (κ1) is 30.6. The van der Waals surface area contributed by atoms with Crippen molar-refractivity contribution >= 4 is 5.57 Å². The Bertz CT molecular complexity index is 1090. The molecule has 2 atom stereocenters. The zero-order chi connectivity index (χ0) is 27.4. The smallest absolute Gasteiger partial charge is 0.129 e. The highest BCUT2D eigenvalue weighted by Crippen LogP contribution is 2.26. The van der Waals surface area contributed by atoms with E-state index in [4.69, 9.17) is 5.73 Å². The van der Waals surface area contributed by atoms with Gasteiger partial charge in [-0.3, -0.25) is 0 Å². The van der Waals surface area contributed by atoms with E-state index >= 15 is 0 Å². The van der Waals surface area contributed by atoms with E-state index in [1.165, 1.54) is 22.3 Å². The second-order valence-corrected chi connectivity index (χ2v) is 9.27. The number of benzene rings is 2. The van der Waals surface area contributed by atoms with Crippen LogP contribution in [0.1, 0.15) is 30.9 Å². The van der Waals surface area contributed by atoms with Crippen molar-refractivity contribution in [1.82, 2.24) is 10.6 Å². The van der Waals surface area contributed by atoms with Crippen molar-refractivity contribution in [2.45, 2.75) is 32.2 Å². The van der Waals surface area contributed by atoms with Gasteiger partial charge in [-0.2, -0.15) is 0 Å². The topological polar surface area (TPSA) is 50.1 Å². The largest absolute Gasteiger partial charge is 0.386 e. The molecule has 0 unspecified atom stereocenters. The van der Waals surface area contributed by atoms with Crippen molar-refractivity contribution in [3.8, 4) is 12.8 Å². The Labute approximate surface area is 229 Å². The lowest BCUT2D eigenvalue weighted by atomic mass is 9.91. The van der Waals surface area contributed by atoms with Gasteiger partial charge < -0.3 is 16.4 Å². The van der Waals surface area contributed by atoms with Gasteiger partial charge in [-0.15, -0.1) is 12.8 Å². The zero-order valence-electron chi connectivity index (χ0n) is 22.5. The number of allylic oxidation sites excluding steroid dienone is 6. The average molecular weight is 512 g/mol.